The van der Waals surface area contributed by atoms with Crippen molar-refractivity contribution in [3.05, 3.63) is 24.2 Å². The summed E-state index contributed by atoms with van der Waals surface area (Å²) in [6, 6.07) is 2.47. The summed E-state index contributed by atoms with van der Waals surface area (Å²) in [6.07, 6.45) is 3.73. The largest absolute Gasteiger partial charge is 0.377 e. The van der Waals surface area contributed by atoms with E-state index in [1.165, 1.54) is 0 Å². The predicted octanol–water partition coefficient (Wildman–Crippen LogP) is 2.45. The first-order chi connectivity index (χ1) is 9.70. The lowest BCUT2D eigenvalue weighted by Crippen LogP contribution is -2.47. The Morgan fingerprint density at radius 3 is 3.10 bits per heavy atom. The molecular weight excluding hydrogens is 320 g/mol. The summed E-state index contributed by atoms with van der Waals surface area (Å²) in [7, 11) is 0. The number of fused-ring (bicyclic) bond motifs is 1. The summed E-state index contributed by atoms with van der Waals surface area (Å²) in [5.41, 5.74) is 2.17. The van der Waals surface area contributed by atoms with Gasteiger partial charge in [0.25, 0.3) is 0 Å². The SMILES string of the molecule is CC(C)c1cc2c(N3CCOCC3CBr)nccn2n1. The zero-order valence-corrected chi connectivity index (χ0v) is 13.4. The molecule has 2 aromatic rings. The molecule has 0 saturated carbocycles. The number of nitrogens with zero attached hydrogens (tertiary/aromatic N) is 4. The molecule has 1 saturated heterocycles. The van der Waals surface area contributed by atoms with E-state index in [1.54, 1.807) is 0 Å². The smallest absolute Gasteiger partial charge is 0.155 e. The van der Waals surface area contributed by atoms with Crippen LogP contribution in [0.2, 0.25) is 0 Å². The molecule has 20 heavy (non-hydrogen) atoms. The molecule has 5 nitrogen and oxygen atoms in total. The highest BCUT2D eigenvalue weighted by atomic mass is 79.9. The van der Waals surface area contributed by atoms with E-state index in [0.29, 0.717) is 12.0 Å². The lowest BCUT2D eigenvalue weighted by atomic mass is 10.1. The van der Waals surface area contributed by atoms with Crippen molar-refractivity contribution < 1.29 is 4.74 Å². The molecule has 0 amide bonds. The van der Waals surface area contributed by atoms with Crippen LogP contribution >= 0.6 is 15.9 Å². The van der Waals surface area contributed by atoms with Gasteiger partial charge in [-0.3, -0.25) is 0 Å². The van der Waals surface area contributed by atoms with E-state index in [4.69, 9.17) is 4.74 Å². The molecule has 1 aliphatic rings. The molecular formula is C14H19BrN4O. The Morgan fingerprint density at radius 1 is 1.50 bits per heavy atom. The second kappa shape index (κ2) is 5.69. The number of hydrogen-bond donors (Lipinski definition) is 0. The number of aromatic nitrogens is 3. The highest BCUT2D eigenvalue weighted by Crippen LogP contribution is 2.25. The van der Waals surface area contributed by atoms with Gasteiger partial charge in [-0.25, -0.2) is 9.50 Å². The van der Waals surface area contributed by atoms with Gasteiger partial charge in [0.2, 0.25) is 0 Å². The van der Waals surface area contributed by atoms with Crippen molar-refractivity contribution in [3.63, 3.8) is 0 Å². The lowest BCUT2D eigenvalue weighted by molar-refractivity contribution is 0.100. The number of hydrogen-bond acceptors (Lipinski definition) is 4. The third kappa shape index (κ3) is 2.42. The number of anilines is 1. The minimum atomic E-state index is 0.319. The van der Waals surface area contributed by atoms with Crippen LogP contribution in [-0.2, 0) is 4.74 Å². The predicted molar refractivity (Wildman–Crippen MR) is 82.8 cm³/mol. The van der Waals surface area contributed by atoms with Crippen molar-refractivity contribution in [2.75, 3.05) is 30.0 Å². The van der Waals surface area contributed by atoms with Crippen LogP contribution in [0.5, 0.6) is 0 Å². The highest BCUT2D eigenvalue weighted by Gasteiger charge is 2.25. The molecule has 1 atom stereocenters. The van der Waals surface area contributed by atoms with E-state index in [-0.39, 0.29) is 0 Å². The van der Waals surface area contributed by atoms with Gasteiger partial charge in [-0.15, -0.1) is 0 Å². The molecule has 1 fully saturated rings. The van der Waals surface area contributed by atoms with Crippen molar-refractivity contribution in [3.8, 4) is 0 Å². The zero-order chi connectivity index (χ0) is 14.1. The Kier molecular flexibility index (Phi) is 3.94. The third-order valence-corrected chi connectivity index (χ3v) is 4.41. The molecule has 108 valence electrons. The van der Waals surface area contributed by atoms with Gasteiger partial charge < -0.3 is 9.64 Å². The van der Waals surface area contributed by atoms with Gasteiger partial charge >= 0.3 is 0 Å². The van der Waals surface area contributed by atoms with Crippen LogP contribution in [0.15, 0.2) is 18.5 Å². The normalized spacial score (nSPS) is 20.0. The third-order valence-electron chi connectivity index (χ3n) is 3.66. The van der Waals surface area contributed by atoms with E-state index < -0.39 is 0 Å². The fraction of sp³-hybridized carbons (Fsp3) is 0.571. The van der Waals surface area contributed by atoms with Crippen LogP contribution in [0.1, 0.15) is 25.5 Å². The van der Waals surface area contributed by atoms with Gasteiger partial charge in [0, 0.05) is 24.3 Å². The molecule has 1 unspecified atom stereocenters. The first kappa shape index (κ1) is 13.8. The molecule has 0 N–H and O–H groups in total. The van der Waals surface area contributed by atoms with Crippen molar-refractivity contribution >= 4 is 27.3 Å². The van der Waals surface area contributed by atoms with Gasteiger partial charge in [-0.1, -0.05) is 29.8 Å². The summed E-state index contributed by atoms with van der Waals surface area (Å²) in [5, 5.41) is 5.50. The highest BCUT2D eigenvalue weighted by molar-refractivity contribution is 9.09. The molecule has 1 aliphatic heterocycles. The molecule has 0 radical (unpaired) electrons. The van der Waals surface area contributed by atoms with E-state index in [2.05, 4.69) is 50.8 Å². The Morgan fingerprint density at radius 2 is 2.35 bits per heavy atom. The lowest BCUT2D eigenvalue weighted by Gasteiger charge is -2.35. The molecule has 0 spiro atoms. The second-order valence-electron chi connectivity index (χ2n) is 5.38. The Balaban J connectivity index is 2.05. The number of alkyl halides is 1. The standard InChI is InChI=1S/C14H19BrN4O/c1-10(2)12-7-13-14(16-3-4-19(13)17-12)18-5-6-20-9-11(18)8-15/h3-4,7,10-11H,5-6,8-9H2,1-2H3. The molecule has 3 heterocycles. The van der Waals surface area contributed by atoms with E-state index in [1.807, 2.05) is 16.9 Å². The van der Waals surface area contributed by atoms with Crippen molar-refractivity contribution in [1.82, 2.24) is 14.6 Å². The molecule has 6 heteroatoms. The van der Waals surface area contributed by atoms with Crippen LogP contribution in [0.25, 0.3) is 5.52 Å². The quantitative estimate of drug-likeness (QED) is 0.806. The maximum atomic E-state index is 5.56. The van der Waals surface area contributed by atoms with E-state index in [9.17, 15) is 0 Å². The van der Waals surface area contributed by atoms with E-state index in [0.717, 1.165) is 42.1 Å². The summed E-state index contributed by atoms with van der Waals surface area (Å²) in [6.45, 7) is 6.66. The van der Waals surface area contributed by atoms with Gasteiger partial charge in [0.05, 0.1) is 24.9 Å². The average molecular weight is 339 g/mol. The fourth-order valence-electron chi connectivity index (χ4n) is 2.49. The molecule has 0 aromatic carbocycles. The minimum Gasteiger partial charge on any atom is -0.377 e. The Labute approximate surface area is 127 Å². The minimum absolute atomic E-state index is 0.319. The Bertz CT molecular complexity index is 598. The van der Waals surface area contributed by atoms with Crippen LogP contribution in [0.4, 0.5) is 5.82 Å². The van der Waals surface area contributed by atoms with Crippen molar-refractivity contribution in [1.29, 1.82) is 0 Å². The Hall–Kier alpha value is -1.14. The van der Waals surface area contributed by atoms with Gasteiger partial charge in [-0.05, 0) is 12.0 Å². The fourth-order valence-corrected chi connectivity index (χ4v) is 3.03. The van der Waals surface area contributed by atoms with Crippen LogP contribution in [0.3, 0.4) is 0 Å². The topological polar surface area (TPSA) is 42.7 Å². The summed E-state index contributed by atoms with van der Waals surface area (Å²) < 4.78 is 7.49. The monoisotopic (exact) mass is 338 g/mol. The zero-order valence-electron chi connectivity index (χ0n) is 11.8. The summed E-state index contributed by atoms with van der Waals surface area (Å²) in [5.74, 6) is 1.42. The number of ether oxygens (including phenoxy) is 1. The second-order valence-corrected chi connectivity index (χ2v) is 6.03. The molecule has 3 rings (SSSR count). The van der Waals surface area contributed by atoms with Gasteiger partial charge in [-0.2, -0.15) is 5.10 Å². The number of halogens is 1. The van der Waals surface area contributed by atoms with Gasteiger partial charge in [0.15, 0.2) is 5.82 Å². The maximum Gasteiger partial charge on any atom is 0.155 e. The first-order valence-corrected chi connectivity index (χ1v) is 8.07. The molecule has 2 aromatic heterocycles. The summed E-state index contributed by atoms with van der Waals surface area (Å²) >= 11 is 3.57. The van der Waals surface area contributed by atoms with Crippen LogP contribution in [0, 0.1) is 0 Å². The van der Waals surface area contributed by atoms with Crippen LogP contribution in [-0.4, -0.2) is 45.7 Å². The number of morpholine rings is 1. The number of rotatable bonds is 3. The first-order valence-electron chi connectivity index (χ1n) is 6.95. The molecule has 0 aliphatic carbocycles. The average Bonchev–Trinajstić information content (AvgIpc) is 2.91. The maximum absolute atomic E-state index is 5.56. The summed E-state index contributed by atoms with van der Waals surface area (Å²) in [4.78, 5) is 6.91. The van der Waals surface area contributed by atoms with Crippen molar-refractivity contribution in [2.24, 2.45) is 0 Å². The van der Waals surface area contributed by atoms with E-state index >= 15 is 0 Å². The van der Waals surface area contributed by atoms with Crippen LogP contribution < -0.4 is 4.90 Å². The molecule has 0 bridgehead atoms. The van der Waals surface area contributed by atoms with Gasteiger partial charge in [0.1, 0.15) is 5.52 Å². The van der Waals surface area contributed by atoms with Crippen molar-refractivity contribution in [2.45, 2.75) is 25.8 Å².